The highest BCUT2D eigenvalue weighted by Gasteiger charge is 2.73. The Labute approximate surface area is 144 Å². The Balaban J connectivity index is 1.88. The number of rotatable bonds is 2. The molecule has 2 heterocycles. The van der Waals surface area contributed by atoms with Crippen molar-refractivity contribution in [2.45, 2.75) is 48.8 Å². The van der Waals surface area contributed by atoms with Crippen molar-refractivity contribution < 1.29 is 18.6 Å². The van der Waals surface area contributed by atoms with E-state index in [1.165, 1.54) is 5.56 Å². The zero-order valence-corrected chi connectivity index (χ0v) is 15.5. The summed E-state index contributed by atoms with van der Waals surface area (Å²) in [5.41, 5.74) is 1.40. The molecule has 0 amide bonds. The molecule has 5 atom stereocenters. The third-order valence-electron chi connectivity index (χ3n) is 6.79. The van der Waals surface area contributed by atoms with Crippen LogP contribution in [0.2, 0.25) is 0 Å². The monoisotopic (exact) mass is 363 g/mol. The first-order chi connectivity index (χ1) is 11.6. The summed E-state index contributed by atoms with van der Waals surface area (Å²) in [5.74, 6) is 0.812. The van der Waals surface area contributed by atoms with Crippen molar-refractivity contribution in [3.8, 4) is 5.75 Å². The minimum absolute atomic E-state index is 0.0654. The van der Waals surface area contributed by atoms with Crippen molar-refractivity contribution in [2.75, 3.05) is 13.6 Å². The number of carbonyl (C=O) groups is 1. The van der Waals surface area contributed by atoms with Crippen molar-refractivity contribution in [3.05, 3.63) is 23.3 Å². The van der Waals surface area contributed by atoms with Crippen LogP contribution in [0.3, 0.4) is 0 Å². The van der Waals surface area contributed by atoms with E-state index in [9.17, 15) is 9.36 Å². The number of hydrogen-bond donors (Lipinski definition) is 0. The van der Waals surface area contributed by atoms with Gasteiger partial charge in [0, 0.05) is 27.5 Å². The normalized spacial score (nSPS) is 39.7. The summed E-state index contributed by atoms with van der Waals surface area (Å²) in [4.78, 5) is 15.1. The number of nitrogens with zero attached hydrogens (tertiary/aromatic N) is 1. The van der Waals surface area contributed by atoms with E-state index in [1.54, 1.807) is 0 Å². The van der Waals surface area contributed by atoms with E-state index < -0.39 is 17.1 Å². The summed E-state index contributed by atoms with van der Waals surface area (Å²) < 4.78 is 24.0. The molecule has 1 saturated carbocycles. The van der Waals surface area contributed by atoms with Crippen molar-refractivity contribution in [2.24, 2.45) is 0 Å². The fourth-order valence-electron chi connectivity index (χ4n) is 5.82. The second-order valence-corrected chi connectivity index (χ2v) is 8.33. The van der Waals surface area contributed by atoms with Crippen LogP contribution < -0.4 is 10.0 Å². The summed E-state index contributed by atoms with van der Waals surface area (Å²) >= 11 is 0. The Kier molecular flexibility index (Phi) is 3.12. The van der Waals surface area contributed by atoms with E-state index in [1.807, 2.05) is 6.07 Å². The van der Waals surface area contributed by atoms with Crippen LogP contribution >= 0.6 is 17.9 Å². The van der Waals surface area contributed by atoms with Crippen LogP contribution in [-0.2, 0) is 25.7 Å². The predicted octanol–water partition coefficient (Wildman–Crippen LogP) is 1.77. The molecule has 0 radical (unpaired) electrons. The molecule has 126 valence electrons. The molecule has 2 aliphatic carbocycles. The SMILES string of the molecule is CN1CC[C@]23c4c5ccc(P=O)c4OC2C(=O)CC[C@@]3(OP)[C@H]1C5. The number of benzene rings is 1. The molecule has 4 aliphatic rings. The topological polar surface area (TPSA) is 55.8 Å². The maximum Gasteiger partial charge on any atom is 0.196 e. The van der Waals surface area contributed by atoms with E-state index in [-0.39, 0.29) is 20.3 Å². The maximum absolute atomic E-state index is 12.8. The average Bonchev–Trinajstić information content (AvgIpc) is 2.95. The molecule has 5 nitrogen and oxygen atoms in total. The fourth-order valence-corrected chi connectivity index (χ4v) is 6.69. The highest BCUT2D eigenvalue weighted by atomic mass is 31.1. The van der Waals surface area contributed by atoms with Gasteiger partial charge in [0.25, 0.3) is 0 Å². The van der Waals surface area contributed by atoms with E-state index in [0.717, 1.165) is 24.9 Å². The number of Topliss-reactive ketones (excluding diaryl/α,β-unsaturated/α-hetero) is 1. The molecule has 2 unspecified atom stereocenters. The second-order valence-electron chi connectivity index (χ2n) is 7.43. The smallest absolute Gasteiger partial charge is 0.196 e. The maximum atomic E-state index is 12.8. The third-order valence-corrected chi connectivity index (χ3v) is 7.76. The van der Waals surface area contributed by atoms with Gasteiger partial charge in [0.2, 0.25) is 0 Å². The number of ether oxygens (including phenoxy) is 1. The van der Waals surface area contributed by atoms with Gasteiger partial charge in [-0.15, -0.1) is 0 Å². The molecular weight excluding hydrogens is 344 g/mol. The van der Waals surface area contributed by atoms with Gasteiger partial charge in [0.15, 0.2) is 20.3 Å². The summed E-state index contributed by atoms with van der Waals surface area (Å²) in [6.45, 7) is 0.909. The van der Waals surface area contributed by atoms with Gasteiger partial charge in [-0.3, -0.25) is 9.36 Å². The number of likely N-dealkylation sites (tertiary alicyclic amines) is 1. The lowest BCUT2D eigenvalue weighted by molar-refractivity contribution is -0.170. The largest absolute Gasteiger partial charge is 0.480 e. The quantitative estimate of drug-likeness (QED) is 0.750. The lowest BCUT2D eigenvalue weighted by Crippen LogP contribution is -2.76. The molecule has 2 aliphatic heterocycles. The summed E-state index contributed by atoms with van der Waals surface area (Å²) in [7, 11) is 4.54. The van der Waals surface area contributed by atoms with E-state index in [0.29, 0.717) is 23.9 Å². The van der Waals surface area contributed by atoms with Crippen LogP contribution in [0, 0.1) is 0 Å². The van der Waals surface area contributed by atoms with Gasteiger partial charge in [-0.1, -0.05) is 6.07 Å². The molecule has 1 aromatic carbocycles. The molecule has 0 N–H and O–H groups in total. The predicted molar refractivity (Wildman–Crippen MR) is 92.3 cm³/mol. The van der Waals surface area contributed by atoms with Gasteiger partial charge in [0.1, 0.15) is 11.4 Å². The molecule has 5 rings (SSSR count). The molecule has 1 aromatic rings. The minimum atomic E-state index is -0.514. The number of hydrogen-bond acceptors (Lipinski definition) is 5. The lowest BCUT2D eigenvalue weighted by atomic mass is 9.49. The second kappa shape index (κ2) is 4.86. The summed E-state index contributed by atoms with van der Waals surface area (Å²) in [6, 6.07) is 4.15. The van der Waals surface area contributed by atoms with Crippen LogP contribution in [0.25, 0.3) is 0 Å². The Morgan fingerprint density at radius 3 is 3.00 bits per heavy atom. The molecule has 1 spiro atoms. The van der Waals surface area contributed by atoms with Crippen LogP contribution in [0.4, 0.5) is 0 Å². The first-order valence-electron chi connectivity index (χ1n) is 8.36. The van der Waals surface area contributed by atoms with Gasteiger partial charge in [-0.25, -0.2) is 0 Å². The van der Waals surface area contributed by atoms with Crippen molar-refractivity contribution in [3.63, 3.8) is 0 Å². The van der Waals surface area contributed by atoms with Crippen molar-refractivity contribution in [1.29, 1.82) is 0 Å². The summed E-state index contributed by atoms with van der Waals surface area (Å²) in [6.07, 6.45) is 2.36. The van der Waals surface area contributed by atoms with E-state index >= 15 is 0 Å². The van der Waals surface area contributed by atoms with Crippen LogP contribution in [-0.4, -0.2) is 42.0 Å². The highest BCUT2D eigenvalue weighted by Crippen LogP contribution is 2.64. The van der Waals surface area contributed by atoms with Crippen LogP contribution in [0.5, 0.6) is 5.75 Å². The number of carbonyl (C=O) groups excluding carboxylic acids is 1. The van der Waals surface area contributed by atoms with E-state index in [2.05, 4.69) is 27.5 Å². The zero-order valence-electron chi connectivity index (χ0n) is 13.4. The Hall–Kier alpha value is -0.860. The number of likely N-dealkylation sites (N-methyl/N-ethyl adjacent to an activating group) is 1. The van der Waals surface area contributed by atoms with Crippen molar-refractivity contribution >= 4 is 29.0 Å². The Morgan fingerprint density at radius 1 is 1.42 bits per heavy atom. The summed E-state index contributed by atoms with van der Waals surface area (Å²) in [5, 5.41) is 0.639. The molecule has 2 fully saturated rings. The first kappa shape index (κ1) is 15.4. The Bertz CT molecular complexity index is 784. The molecule has 7 heteroatoms. The highest BCUT2D eigenvalue weighted by molar-refractivity contribution is 7.34. The number of ketones is 1. The van der Waals surface area contributed by atoms with Gasteiger partial charge < -0.3 is 14.2 Å². The molecule has 1 saturated heterocycles. The van der Waals surface area contributed by atoms with E-state index in [4.69, 9.17) is 9.26 Å². The van der Waals surface area contributed by atoms with Gasteiger partial charge in [0.05, 0.1) is 10.7 Å². The molecule has 24 heavy (non-hydrogen) atoms. The third kappa shape index (κ3) is 1.48. The van der Waals surface area contributed by atoms with Gasteiger partial charge in [-0.2, -0.15) is 0 Å². The first-order valence-corrected chi connectivity index (χ1v) is 9.64. The van der Waals surface area contributed by atoms with Gasteiger partial charge in [-0.05, 0) is 44.5 Å². The zero-order chi connectivity index (χ0) is 16.7. The molecular formula is C17H19NO4P2. The standard InChI is InChI=1S/C17H19NO4P2/c1-18-7-6-16-13-9-2-3-11(24-20)14(13)21-15(16)10(19)4-5-17(16,22-23)12(18)8-9/h2-3,12,15H,4-8,23H2,1H3/t12-,15?,16+,17-/m1/s1. The number of piperidine rings is 1. The minimum Gasteiger partial charge on any atom is -0.480 e. The average molecular weight is 363 g/mol. The lowest BCUT2D eigenvalue weighted by Gasteiger charge is -2.63. The Morgan fingerprint density at radius 2 is 2.25 bits per heavy atom. The molecule has 2 bridgehead atoms. The van der Waals surface area contributed by atoms with Gasteiger partial charge >= 0.3 is 0 Å². The van der Waals surface area contributed by atoms with Crippen molar-refractivity contribution in [1.82, 2.24) is 4.90 Å². The fraction of sp³-hybridized carbons (Fsp3) is 0.588. The van der Waals surface area contributed by atoms with Crippen LogP contribution in [0.1, 0.15) is 30.4 Å². The molecule has 0 aromatic heterocycles. The van der Waals surface area contributed by atoms with Crippen LogP contribution in [0.15, 0.2) is 12.1 Å².